The van der Waals surface area contributed by atoms with Gasteiger partial charge in [-0.2, -0.15) is 0 Å². The van der Waals surface area contributed by atoms with Crippen molar-refractivity contribution < 1.29 is 23.6 Å². The SMILES string of the molecule is CC1(C)OB([C@@H](CC(=O)N2CCOC2=O)c2ccccc2)OC1(C)C. The second kappa shape index (κ2) is 6.46. The first-order valence-corrected chi connectivity index (χ1v) is 8.59. The number of carbonyl (C=O) groups excluding carboxylic acids is 2. The molecule has 0 N–H and O–H groups in total. The molecule has 25 heavy (non-hydrogen) atoms. The molecule has 2 fully saturated rings. The first kappa shape index (κ1) is 18.0. The molecule has 0 bridgehead atoms. The van der Waals surface area contributed by atoms with Crippen LogP contribution < -0.4 is 0 Å². The van der Waals surface area contributed by atoms with Gasteiger partial charge in [-0.1, -0.05) is 30.3 Å². The predicted octanol–water partition coefficient (Wildman–Crippen LogP) is 2.77. The Morgan fingerprint density at radius 2 is 1.76 bits per heavy atom. The Bertz CT molecular complexity index is 645. The van der Waals surface area contributed by atoms with Crippen molar-refractivity contribution in [2.45, 2.75) is 51.1 Å². The monoisotopic (exact) mass is 345 g/mol. The number of benzene rings is 1. The minimum Gasteiger partial charge on any atom is -0.447 e. The van der Waals surface area contributed by atoms with E-state index in [2.05, 4.69) is 0 Å². The molecule has 1 aromatic carbocycles. The summed E-state index contributed by atoms with van der Waals surface area (Å²) in [6.45, 7) is 8.46. The number of hydrogen-bond acceptors (Lipinski definition) is 5. The maximum absolute atomic E-state index is 12.6. The average Bonchev–Trinajstić information content (AvgIpc) is 3.06. The highest BCUT2D eigenvalue weighted by Crippen LogP contribution is 2.41. The third kappa shape index (κ3) is 3.44. The Hall–Kier alpha value is -1.86. The van der Waals surface area contributed by atoms with Gasteiger partial charge >= 0.3 is 13.2 Å². The second-order valence-corrected chi connectivity index (χ2v) is 7.51. The number of ether oxygens (including phenoxy) is 1. The van der Waals surface area contributed by atoms with E-state index in [4.69, 9.17) is 14.0 Å². The molecule has 7 heteroatoms. The van der Waals surface area contributed by atoms with Gasteiger partial charge in [-0.3, -0.25) is 4.79 Å². The number of rotatable bonds is 4. The van der Waals surface area contributed by atoms with E-state index in [1.807, 2.05) is 58.0 Å². The Balaban J connectivity index is 1.84. The summed E-state index contributed by atoms with van der Waals surface area (Å²) < 4.78 is 17.2. The van der Waals surface area contributed by atoms with Gasteiger partial charge in [-0.15, -0.1) is 0 Å². The second-order valence-electron chi connectivity index (χ2n) is 7.51. The molecular weight excluding hydrogens is 321 g/mol. The van der Waals surface area contributed by atoms with Gasteiger partial charge in [0, 0.05) is 12.2 Å². The summed E-state index contributed by atoms with van der Waals surface area (Å²) in [7, 11) is -0.560. The highest BCUT2D eigenvalue weighted by atomic mass is 16.7. The Kier molecular flexibility index (Phi) is 4.64. The molecule has 3 rings (SSSR count). The van der Waals surface area contributed by atoms with Gasteiger partial charge in [-0.25, -0.2) is 9.69 Å². The van der Waals surface area contributed by atoms with Crippen molar-refractivity contribution in [2.75, 3.05) is 13.2 Å². The third-order valence-corrected chi connectivity index (χ3v) is 5.28. The molecule has 2 amide bonds. The van der Waals surface area contributed by atoms with Gasteiger partial charge in [0.1, 0.15) is 6.61 Å². The largest absolute Gasteiger partial charge is 0.466 e. The molecule has 0 radical (unpaired) electrons. The van der Waals surface area contributed by atoms with Crippen molar-refractivity contribution in [3.63, 3.8) is 0 Å². The quantitative estimate of drug-likeness (QED) is 0.785. The molecule has 2 heterocycles. The van der Waals surface area contributed by atoms with Crippen molar-refractivity contribution in [1.29, 1.82) is 0 Å². The van der Waals surface area contributed by atoms with Crippen LogP contribution in [0, 0.1) is 0 Å². The third-order valence-electron chi connectivity index (χ3n) is 5.28. The van der Waals surface area contributed by atoms with Crippen molar-refractivity contribution >= 4 is 19.1 Å². The molecule has 6 nitrogen and oxygen atoms in total. The lowest BCUT2D eigenvalue weighted by atomic mass is 9.66. The first-order valence-electron chi connectivity index (χ1n) is 8.59. The number of cyclic esters (lactones) is 1. The van der Waals surface area contributed by atoms with Crippen LogP contribution in [0.4, 0.5) is 4.79 Å². The molecule has 1 atom stereocenters. The number of nitrogens with zero attached hydrogens (tertiary/aromatic N) is 1. The van der Waals surface area contributed by atoms with Crippen LogP contribution in [-0.2, 0) is 18.8 Å². The van der Waals surface area contributed by atoms with Crippen LogP contribution in [0.15, 0.2) is 30.3 Å². The lowest BCUT2D eigenvalue weighted by Crippen LogP contribution is -2.41. The minimum atomic E-state index is -0.578. The molecule has 0 saturated carbocycles. The van der Waals surface area contributed by atoms with Crippen molar-refractivity contribution in [3.8, 4) is 0 Å². The van der Waals surface area contributed by atoms with E-state index in [1.54, 1.807) is 0 Å². The number of imide groups is 1. The van der Waals surface area contributed by atoms with Crippen LogP contribution in [0.5, 0.6) is 0 Å². The highest BCUT2D eigenvalue weighted by molar-refractivity contribution is 6.48. The normalized spacial score (nSPS) is 22.8. The predicted molar refractivity (Wildman–Crippen MR) is 92.9 cm³/mol. The van der Waals surface area contributed by atoms with E-state index in [-0.39, 0.29) is 24.8 Å². The molecule has 2 saturated heterocycles. The van der Waals surface area contributed by atoms with E-state index >= 15 is 0 Å². The maximum atomic E-state index is 12.6. The Morgan fingerprint density at radius 1 is 1.16 bits per heavy atom. The molecule has 134 valence electrons. The van der Waals surface area contributed by atoms with E-state index in [1.165, 1.54) is 0 Å². The van der Waals surface area contributed by atoms with E-state index in [0.29, 0.717) is 6.54 Å². The molecule has 1 aromatic rings. The number of amides is 2. The van der Waals surface area contributed by atoms with Gasteiger partial charge in [0.05, 0.1) is 17.7 Å². The van der Waals surface area contributed by atoms with Crippen LogP contribution in [-0.4, -0.2) is 48.4 Å². The van der Waals surface area contributed by atoms with Crippen LogP contribution >= 0.6 is 0 Å². The summed E-state index contributed by atoms with van der Waals surface area (Å²) in [6.07, 6.45) is -0.457. The fraction of sp³-hybridized carbons (Fsp3) is 0.556. The van der Waals surface area contributed by atoms with Crippen LogP contribution in [0.25, 0.3) is 0 Å². The van der Waals surface area contributed by atoms with E-state index in [9.17, 15) is 9.59 Å². The Morgan fingerprint density at radius 3 is 2.28 bits per heavy atom. The summed E-state index contributed by atoms with van der Waals surface area (Å²) in [5.41, 5.74) is -0.0254. The number of hydrogen-bond donors (Lipinski definition) is 0. The van der Waals surface area contributed by atoms with Crippen molar-refractivity contribution in [3.05, 3.63) is 35.9 Å². The van der Waals surface area contributed by atoms with Gasteiger partial charge in [0.25, 0.3) is 0 Å². The minimum absolute atomic E-state index is 0.121. The van der Waals surface area contributed by atoms with Crippen molar-refractivity contribution in [2.24, 2.45) is 0 Å². The maximum Gasteiger partial charge on any atom is 0.466 e. The molecule has 2 aliphatic rings. The lowest BCUT2D eigenvalue weighted by Gasteiger charge is -2.32. The summed E-state index contributed by atoms with van der Waals surface area (Å²) in [6, 6.07) is 9.66. The highest BCUT2D eigenvalue weighted by Gasteiger charge is 2.54. The summed E-state index contributed by atoms with van der Waals surface area (Å²) in [5, 5.41) is 0. The van der Waals surface area contributed by atoms with E-state index < -0.39 is 24.4 Å². The molecular formula is C18H24BNO5. The topological polar surface area (TPSA) is 65.1 Å². The zero-order valence-electron chi connectivity index (χ0n) is 15.2. The smallest absolute Gasteiger partial charge is 0.447 e. The fourth-order valence-electron chi connectivity index (χ4n) is 3.04. The Labute approximate surface area is 148 Å². The summed E-state index contributed by atoms with van der Waals surface area (Å²) in [5.74, 6) is -0.575. The average molecular weight is 345 g/mol. The molecule has 0 aliphatic carbocycles. The summed E-state index contributed by atoms with van der Waals surface area (Å²) >= 11 is 0. The van der Waals surface area contributed by atoms with Gasteiger partial charge in [-0.05, 0) is 33.3 Å². The zero-order valence-corrected chi connectivity index (χ0v) is 15.2. The summed E-state index contributed by atoms with van der Waals surface area (Å²) in [4.78, 5) is 25.5. The van der Waals surface area contributed by atoms with Gasteiger partial charge < -0.3 is 14.0 Å². The van der Waals surface area contributed by atoms with Gasteiger partial charge in [0.15, 0.2) is 0 Å². The molecule has 0 aromatic heterocycles. The van der Waals surface area contributed by atoms with Gasteiger partial charge in [0.2, 0.25) is 5.91 Å². The van der Waals surface area contributed by atoms with Crippen LogP contribution in [0.1, 0.15) is 45.5 Å². The van der Waals surface area contributed by atoms with Crippen molar-refractivity contribution in [1.82, 2.24) is 4.90 Å². The molecule has 2 aliphatic heterocycles. The lowest BCUT2D eigenvalue weighted by molar-refractivity contribution is -0.127. The standard InChI is InChI=1S/C18H24BNO5/c1-17(2)18(3,4)25-19(24-17)14(13-8-6-5-7-9-13)12-15(21)20-10-11-23-16(20)22/h5-9,14H,10-12H2,1-4H3/t14-/m0/s1. The van der Waals surface area contributed by atoms with Crippen LogP contribution in [0.3, 0.4) is 0 Å². The zero-order chi connectivity index (χ0) is 18.2. The van der Waals surface area contributed by atoms with E-state index in [0.717, 1.165) is 10.5 Å². The van der Waals surface area contributed by atoms with Crippen LogP contribution in [0.2, 0.25) is 0 Å². The number of carbonyl (C=O) groups is 2. The molecule has 0 spiro atoms. The first-order chi connectivity index (χ1) is 11.7. The fourth-order valence-corrected chi connectivity index (χ4v) is 3.04. The molecule has 0 unspecified atom stereocenters.